The zero-order chi connectivity index (χ0) is 21.0. The van der Waals surface area contributed by atoms with Gasteiger partial charge in [0.2, 0.25) is 5.91 Å². The second-order valence-electron chi connectivity index (χ2n) is 7.40. The van der Waals surface area contributed by atoms with Crippen LogP contribution in [0.1, 0.15) is 5.69 Å². The first-order valence-corrected chi connectivity index (χ1v) is 9.57. The molecule has 1 atom stereocenters. The number of carbonyl (C=O) groups excluding carboxylic acids is 1. The summed E-state index contributed by atoms with van der Waals surface area (Å²) in [7, 11) is 1.76. The molecule has 148 valence electrons. The van der Waals surface area contributed by atoms with Crippen LogP contribution in [0.15, 0.2) is 62.1 Å². The van der Waals surface area contributed by atoms with Crippen molar-refractivity contribution in [3.8, 4) is 11.1 Å². The minimum absolute atomic E-state index is 0.153. The average Bonchev–Trinajstić information content (AvgIpc) is 3.28. The van der Waals surface area contributed by atoms with Crippen LogP contribution in [-0.4, -0.2) is 43.4 Å². The molecule has 1 aliphatic rings. The molecule has 0 saturated carbocycles. The number of anilines is 1. The van der Waals surface area contributed by atoms with Crippen molar-refractivity contribution in [2.75, 3.05) is 12.8 Å². The fraction of sp³-hybridized carbons (Fsp3) is 0.130. The summed E-state index contributed by atoms with van der Waals surface area (Å²) in [5, 5.41) is 1.81. The van der Waals surface area contributed by atoms with Crippen molar-refractivity contribution in [2.24, 2.45) is 0 Å². The summed E-state index contributed by atoms with van der Waals surface area (Å²) in [6, 6.07) is 9.84. The Balaban J connectivity index is 1.77. The Morgan fingerprint density at radius 3 is 2.90 bits per heavy atom. The topological polar surface area (TPSA) is 89.9 Å². The summed E-state index contributed by atoms with van der Waals surface area (Å²) < 4.78 is 2.07. The maximum atomic E-state index is 12.2. The van der Waals surface area contributed by atoms with Gasteiger partial charge in [0, 0.05) is 36.3 Å². The van der Waals surface area contributed by atoms with E-state index in [1.807, 2.05) is 30.5 Å². The molecule has 0 saturated heterocycles. The Kier molecular flexibility index (Phi) is 3.92. The van der Waals surface area contributed by atoms with E-state index in [4.69, 9.17) is 5.73 Å². The Bertz CT molecular complexity index is 1370. The first-order valence-electron chi connectivity index (χ1n) is 9.57. The van der Waals surface area contributed by atoms with E-state index >= 15 is 0 Å². The van der Waals surface area contributed by atoms with Crippen LogP contribution in [0.2, 0.25) is 0 Å². The van der Waals surface area contributed by atoms with Crippen molar-refractivity contribution >= 4 is 39.2 Å². The van der Waals surface area contributed by atoms with E-state index in [-0.39, 0.29) is 11.9 Å². The number of para-hydroxylation sites is 1. The van der Waals surface area contributed by atoms with Crippen LogP contribution >= 0.6 is 0 Å². The third kappa shape index (κ3) is 2.45. The summed E-state index contributed by atoms with van der Waals surface area (Å²) in [6.07, 6.45) is 4.61. The smallest absolute Gasteiger partial charge is 0.246 e. The van der Waals surface area contributed by atoms with Gasteiger partial charge in [-0.15, -0.1) is 0 Å². The van der Waals surface area contributed by atoms with Crippen molar-refractivity contribution < 1.29 is 4.79 Å². The van der Waals surface area contributed by atoms with E-state index in [0.29, 0.717) is 12.4 Å². The summed E-state index contributed by atoms with van der Waals surface area (Å²) >= 11 is 0. The van der Waals surface area contributed by atoms with Gasteiger partial charge in [-0.05, 0) is 23.8 Å². The number of benzene rings is 1. The number of nitrogen functional groups attached to an aromatic ring is 1. The first kappa shape index (κ1) is 18.1. The number of likely N-dealkylation sites (N-methyl/N-ethyl adjacent to an activating group) is 1. The number of pyridine rings is 1. The number of hydrogen-bond donors (Lipinski definition) is 1. The second-order valence-corrected chi connectivity index (χ2v) is 7.40. The molecular weight excluding hydrogens is 376 g/mol. The Morgan fingerprint density at radius 1 is 1.30 bits per heavy atom. The molecule has 0 spiro atoms. The molecule has 4 aromatic rings. The first-order chi connectivity index (χ1) is 14.5. The highest BCUT2D eigenvalue weighted by molar-refractivity contribution is 6.08. The molecule has 0 aliphatic carbocycles. The number of amides is 1. The monoisotopic (exact) mass is 396 g/mol. The summed E-state index contributed by atoms with van der Waals surface area (Å²) in [5.41, 5.74) is 11.5. The Hall–Kier alpha value is -4.00. The van der Waals surface area contributed by atoms with Gasteiger partial charge in [0.15, 0.2) is 0 Å². The summed E-state index contributed by atoms with van der Waals surface area (Å²) in [4.78, 5) is 27.2. The lowest BCUT2D eigenvalue weighted by Crippen LogP contribution is -2.36. The highest BCUT2D eigenvalue weighted by Gasteiger charge is 2.36. The van der Waals surface area contributed by atoms with Gasteiger partial charge in [-0.3, -0.25) is 9.78 Å². The van der Waals surface area contributed by atoms with Gasteiger partial charge in [0.25, 0.3) is 0 Å². The normalized spacial score (nSPS) is 15.5. The molecule has 3 aromatic heterocycles. The largest absolute Gasteiger partial charge is 0.383 e. The maximum Gasteiger partial charge on any atom is 0.246 e. The van der Waals surface area contributed by atoms with Gasteiger partial charge in [0.05, 0.1) is 22.6 Å². The molecule has 7 nitrogen and oxygen atoms in total. The van der Waals surface area contributed by atoms with Crippen molar-refractivity contribution in [1.29, 1.82) is 0 Å². The molecule has 0 fully saturated rings. The predicted octanol–water partition coefficient (Wildman–Crippen LogP) is 3.27. The zero-order valence-electron chi connectivity index (χ0n) is 16.5. The molecule has 0 radical (unpaired) electrons. The van der Waals surface area contributed by atoms with Crippen LogP contribution in [0.4, 0.5) is 5.82 Å². The molecule has 2 N–H and O–H groups in total. The quantitative estimate of drug-likeness (QED) is 0.537. The van der Waals surface area contributed by atoms with Gasteiger partial charge in [0.1, 0.15) is 17.8 Å². The van der Waals surface area contributed by atoms with E-state index in [1.54, 1.807) is 11.9 Å². The fourth-order valence-corrected chi connectivity index (χ4v) is 4.29. The molecule has 4 heterocycles. The lowest BCUT2D eigenvalue weighted by Gasteiger charge is -2.24. The molecule has 1 aliphatic heterocycles. The lowest BCUT2D eigenvalue weighted by atomic mass is 9.97. The molecular formula is C23H20N6O. The van der Waals surface area contributed by atoms with Crippen LogP contribution in [0, 0.1) is 0 Å². The number of carbonyl (C=O) groups is 1. The minimum Gasteiger partial charge on any atom is -0.383 e. The van der Waals surface area contributed by atoms with E-state index < -0.39 is 0 Å². The number of fused-ring (bicyclic) bond motifs is 4. The van der Waals surface area contributed by atoms with Gasteiger partial charge in [-0.1, -0.05) is 31.4 Å². The van der Waals surface area contributed by atoms with Crippen LogP contribution in [0.5, 0.6) is 0 Å². The van der Waals surface area contributed by atoms with Crippen LogP contribution in [-0.2, 0) is 11.3 Å². The molecule has 0 unspecified atom stereocenters. The van der Waals surface area contributed by atoms with Crippen molar-refractivity contribution in [1.82, 2.24) is 24.4 Å². The summed E-state index contributed by atoms with van der Waals surface area (Å²) in [5.74, 6) is 0.254. The van der Waals surface area contributed by atoms with Gasteiger partial charge >= 0.3 is 0 Å². The van der Waals surface area contributed by atoms with E-state index in [0.717, 1.165) is 44.3 Å². The lowest BCUT2D eigenvalue weighted by molar-refractivity contribution is -0.125. The van der Waals surface area contributed by atoms with Crippen LogP contribution < -0.4 is 5.73 Å². The number of hydrogen-bond acceptors (Lipinski definition) is 5. The Morgan fingerprint density at radius 2 is 2.10 bits per heavy atom. The molecule has 5 rings (SSSR count). The summed E-state index contributed by atoms with van der Waals surface area (Å²) in [6.45, 7) is 8.47. The SMILES string of the molecule is C=CC(=O)N(C)[C@H]1Cn2c(c(-c3cnc4ccccc4c3)c3c(N)ncnc32)C1=C. The number of aromatic nitrogens is 4. The van der Waals surface area contributed by atoms with Gasteiger partial charge in [-0.25, -0.2) is 9.97 Å². The highest BCUT2D eigenvalue weighted by Crippen LogP contribution is 2.44. The van der Waals surface area contributed by atoms with Crippen molar-refractivity contribution in [3.05, 3.63) is 67.8 Å². The number of rotatable bonds is 3. The standard InChI is InChI=1S/C23H20N6O/c1-4-18(30)28(3)17-11-29-21(13(17)2)19(20-22(24)26-12-27-23(20)29)15-9-14-7-5-6-8-16(14)25-10-15/h4-10,12,17H,1-2,11H2,3H3,(H2,24,26,27)/t17-/m0/s1. The van der Waals surface area contributed by atoms with Crippen molar-refractivity contribution in [3.63, 3.8) is 0 Å². The molecule has 0 bridgehead atoms. The predicted molar refractivity (Wildman–Crippen MR) is 118 cm³/mol. The Labute approximate surface area is 173 Å². The van der Waals surface area contributed by atoms with Gasteiger partial charge in [-0.2, -0.15) is 0 Å². The fourth-order valence-electron chi connectivity index (χ4n) is 4.29. The van der Waals surface area contributed by atoms with Gasteiger partial charge < -0.3 is 15.2 Å². The molecule has 1 amide bonds. The average molecular weight is 396 g/mol. The zero-order valence-corrected chi connectivity index (χ0v) is 16.5. The number of nitrogens with zero attached hydrogens (tertiary/aromatic N) is 5. The third-order valence-electron chi connectivity index (χ3n) is 5.80. The maximum absolute atomic E-state index is 12.2. The molecule has 1 aromatic carbocycles. The van der Waals surface area contributed by atoms with Crippen molar-refractivity contribution in [2.45, 2.75) is 12.6 Å². The third-order valence-corrected chi connectivity index (χ3v) is 5.80. The second kappa shape index (κ2) is 6.52. The van der Waals surface area contributed by atoms with E-state index in [1.165, 1.54) is 12.4 Å². The molecule has 30 heavy (non-hydrogen) atoms. The van der Waals surface area contributed by atoms with Crippen LogP contribution in [0.3, 0.4) is 0 Å². The van der Waals surface area contributed by atoms with E-state index in [9.17, 15) is 4.79 Å². The minimum atomic E-state index is -0.196. The molecule has 7 heteroatoms. The highest BCUT2D eigenvalue weighted by atomic mass is 16.2. The van der Waals surface area contributed by atoms with E-state index in [2.05, 4.69) is 38.7 Å². The van der Waals surface area contributed by atoms with Crippen LogP contribution in [0.25, 0.3) is 38.6 Å². The number of nitrogens with two attached hydrogens (primary N) is 1.